The van der Waals surface area contributed by atoms with Crippen molar-refractivity contribution in [3.05, 3.63) is 23.8 Å². The highest BCUT2D eigenvalue weighted by Gasteiger charge is 2.23. The van der Waals surface area contributed by atoms with E-state index in [9.17, 15) is 4.79 Å². The highest BCUT2D eigenvalue weighted by molar-refractivity contribution is 5.79. The molecular weight excluding hydrogens is 314 g/mol. The van der Waals surface area contributed by atoms with E-state index in [4.69, 9.17) is 9.47 Å². The summed E-state index contributed by atoms with van der Waals surface area (Å²) in [5.41, 5.74) is 1.14. The first kappa shape index (κ1) is 19.6. The second-order valence-electron chi connectivity index (χ2n) is 6.94. The Kier molecular flexibility index (Phi) is 8.64. The second kappa shape index (κ2) is 11.0. The minimum absolute atomic E-state index is 0.127. The predicted molar refractivity (Wildman–Crippen MR) is 101 cm³/mol. The fourth-order valence-corrected chi connectivity index (χ4v) is 3.32. The molecule has 0 aliphatic carbocycles. The minimum atomic E-state index is 0.127. The smallest absolute Gasteiger partial charge is 0.220 e. The van der Waals surface area contributed by atoms with Crippen LogP contribution < -0.4 is 14.8 Å². The Morgan fingerprint density at radius 1 is 1.04 bits per heavy atom. The first-order chi connectivity index (χ1) is 12.2. The first-order valence-electron chi connectivity index (χ1n) is 9.82. The summed E-state index contributed by atoms with van der Waals surface area (Å²) in [4.78, 5) is 11.4. The lowest BCUT2D eigenvalue weighted by Gasteiger charge is -2.14. The number of ether oxygens (including phenoxy) is 2. The molecule has 140 valence electrons. The summed E-state index contributed by atoms with van der Waals surface area (Å²) in [7, 11) is 1.67. The van der Waals surface area contributed by atoms with Gasteiger partial charge >= 0.3 is 0 Å². The van der Waals surface area contributed by atoms with E-state index in [1.54, 1.807) is 7.11 Å². The average molecular weight is 347 g/mol. The summed E-state index contributed by atoms with van der Waals surface area (Å²) in [6.07, 6.45) is 10.9. The second-order valence-corrected chi connectivity index (χ2v) is 6.94. The minimum Gasteiger partial charge on any atom is -0.493 e. The van der Waals surface area contributed by atoms with E-state index >= 15 is 0 Å². The van der Waals surface area contributed by atoms with Crippen molar-refractivity contribution in [2.75, 3.05) is 20.3 Å². The fraction of sp³-hybridized carbons (Fsp3) is 0.667. The van der Waals surface area contributed by atoms with Crippen LogP contribution in [-0.2, 0) is 4.79 Å². The molecule has 1 atom stereocenters. The zero-order valence-electron chi connectivity index (χ0n) is 15.8. The summed E-state index contributed by atoms with van der Waals surface area (Å²) in [5.74, 6) is 1.92. The van der Waals surface area contributed by atoms with Gasteiger partial charge in [-0.2, -0.15) is 0 Å². The molecule has 1 aromatic carbocycles. The maximum absolute atomic E-state index is 11.4. The first-order valence-corrected chi connectivity index (χ1v) is 9.82. The lowest BCUT2D eigenvalue weighted by Crippen LogP contribution is -2.13. The number of hydrogen-bond donors (Lipinski definition) is 1. The van der Waals surface area contributed by atoms with E-state index in [2.05, 4.69) is 12.2 Å². The number of amides is 1. The van der Waals surface area contributed by atoms with Crippen LogP contribution in [0.5, 0.6) is 11.5 Å². The van der Waals surface area contributed by atoms with Crippen LogP contribution in [0.25, 0.3) is 0 Å². The molecule has 1 aromatic rings. The van der Waals surface area contributed by atoms with Gasteiger partial charge in [-0.15, -0.1) is 0 Å². The lowest BCUT2D eigenvalue weighted by atomic mass is 9.98. The monoisotopic (exact) mass is 347 g/mol. The van der Waals surface area contributed by atoms with Crippen LogP contribution in [-0.4, -0.2) is 26.2 Å². The maximum atomic E-state index is 11.4. The van der Waals surface area contributed by atoms with Crippen LogP contribution in [0.2, 0.25) is 0 Å². The predicted octanol–water partition coefficient (Wildman–Crippen LogP) is 4.82. The quantitative estimate of drug-likeness (QED) is 0.552. The molecule has 1 fully saturated rings. The molecule has 2 rings (SSSR count). The van der Waals surface area contributed by atoms with Gasteiger partial charge in [-0.05, 0) is 24.1 Å². The van der Waals surface area contributed by atoms with Crippen molar-refractivity contribution in [3.8, 4) is 11.5 Å². The number of rotatable bonds is 12. The number of nitrogens with one attached hydrogen (secondary N) is 1. The number of hydrogen-bond acceptors (Lipinski definition) is 3. The molecule has 4 heteroatoms. The van der Waals surface area contributed by atoms with E-state index in [1.165, 1.54) is 44.9 Å². The van der Waals surface area contributed by atoms with E-state index in [0.717, 1.165) is 30.1 Å². The van der Waals surface area contributed by atoms with Gasteiger partial charge in [-0.1, -0.05) is 57.9 Å². The zero-order valence-corrected chi connectivity index (χ0v) is 15.8. The molecule has 1 aliphatic rings. The van der Waals surface area contributed by atoms with Crippen LogP contribution in [0.3, 0.4) is 0 Å². The van der Waals surface area contributed by atoms with Gasteiger partial charge in [0.05, 0.1) is 13.7 Å². The summed E-state index contributed by atoms with van der Waals surface area (Å²) >= 11 is 0. The van der Waals surface area contributed by atoms with Crippen molar-refractivity contribution < 1.29 is 14.3 Å². The third kappa shape index (κ3) is 6.60. The molecule has 0 bridgehead atoms. The molecular formula is C21H33NO3. The number of unbranched alkanes of at least 4 members (excludes halogenated alkanes) is 7. The van der Waals surface area contributed by atoms with Crippen LogP contribution in [0, 0.1) is 0 Å². The number of carbonyl (C=O) groups is 1. The van der Waals surface area contributed by atoms with Crippen molar-refractivity contribution >= 4 is 5.91 Å². The topological polar surface area (TPSA) is 47.6 Å². The molecule has 1 amide bonds. The van der Waals surface area contributed by atoms with Gasteiger partial charge in [0, 0.05) is 18.9 Å². The van der Waals surface area contributed by atoms with Crippen molar-refractivity contribution in [1.82, 2.24) is 5.32 Å². The Balaban J connectivity index is 1.73. The van der Waals surface area contributed by atoms with Crippen molar-refractivity contribution in [3.63, 3.8) is 0 Å². The molecule has 0 saturated carbocycles. The highest BCUT2D eigenvalue weighted by atomic mass is 16.5. The Morgan fingerprint density at radius 3 is 2.40 bits per heavy atom. The number of carbonyl (C=O) groups excluding carboxylic acids is 1. The van der Waals surface area contributed by atoms with Crippen molar-refractivity contribution in [1.29, 1.82) is 0 Å². The summed E-state index contributed by atoms with van der Waals surface area (Å²) in [6, 6.07) is 6.02. The number of benzene rings is 1. The Morgan fingerprint density at radius 2 is 1.76 bits per heavy atom. The van der Waals surface area contributed by atoms with Gasteiger partial charge in [-0.3, -0.25) is 4.79 Å². The van der Waals surface area contributed by atoms with Gasteiger partial charge in [-0.25, -0.2) is 0 Å². The van der Waals surface area contributed by atoms with E-state index in [-0.39, 0.29) is 11.8 Å². The maximum Gasteiger partial charge on any atom is 0.220 e. The molecule has 1 unspecified atom stereocenters. The van der Waals surface area contributed by atoms with E-state index in [1.807, 2.05) is 18.2 Å². The Bertz CT molecular complexity index is 530. The molecule has 1 N–H and O–H groups in total. The van der Waals surface area contributed by atoms with Gasteiger partial charge in [0.1, 0.15) is 0 Å². The summed E-state index contributed by atoms with van der Waals surface area (Å²) in [5, 5.41) is 2.89. The van der Waals surface area contributed by atoms with Crippen molar-refractivity contribution in [2.24, 2.45) is 0 Å². The summed E-state index contributed by atoms with van der Waals surface area (Å²) < 4.78 is 11.4. The molecule has 0 spiro atoms. The standard InChI is InChI=1S/C21H33NO3/c1-3-4-5-6-7-8-9-10-13-25-20-14-17(11-12-19(20)24-2)18-15-21(23)22-16-18/h11-12,14,18H,3-10,13,15-16H2,1-2H3,(H,22,23). The Hall–Kier alpha value is -1.71. The highest BCUT2D eigenvalue weighted by Crippen LogP contribution is 2.33. The van der Waals surface area contributed by atoms with Crippen LogP contribution >= 0.6 is 0 Å². The molecule has 1 aliphatic heterocycles. The third-order valence-corrected chi connectivity index (χ3v) is 4.89. The zero-order chi connectivity index (χ0) is 17.9. The van der Waals surface area contributed by atoms with Gasteiger partial charge in [0.25, 0.3) is 0 Å². The van der Waals surface area contributed by atoms with Crippen molar-refractivity contribution in [2.45, 2.75) is 70.6 Å². The normalized spacial score (nSPS) is 16.7. The summed E-state index contributed by atoms with van der Waals surface area (Å²) in [6.45, 7) is 3.68. The average Bonchev–Trinajstić information content (AvgIpc) is 3.06. The molecule has 4 nitrogen and oxygen atoms in total. The molecule has 1 saturated heterocycles. The van der Waals surface area contributed by atoms with E-state index < -0.39 is 0 Å². The molecule has 0 aromatic heterocycles. The van der Waals surface area contributed by atoms with Crippen LogP contribution in [0.4, 0.5) is 0 Å². The van der Waals surface area contributed by atoms with Gasteiger partial charge in [0.2, 0.25) is 5.91 Å². The van der Waals surface area contributed by atoms with E-state index in [0.29, 0.717) is 13.0 Å². The van der Waals surface area contributed by atoms with Crippen LogP contribution in [0.15, 0.2) is 18.2 Å². The van der Waals surface area contributed by atoms with Gasteiger partial charge < -0.3 is 14.8 Å². The van der Waals surface area contributed by atoms with Crippen LogP contribution in [0.1, 0.15) is 76.2 Å². The Labute approximate surface area is 152 Å². The number of methoxy groups -OCH3 is 1. The molecule has 1 heterocycles. The molecule has 0 radical (unpaired) electrons. The molecule has 25 heavy (non-hydrogen) atoms. The third-order valence-electron chi connectivity index (χ3n) is 4.89. The lowest BCUT2D eigenvalue weighted by molar-refractivity contribution is -0.119. The van der Waals surface area contributed by atoms with Gasteiger partial charge in [0.15, 0.2) is 11.5 Å². The SMILES string of the molecule is CCCCCCCCCCOc1cc(C2CNC(=O)C2)ccc1OC. The largest absolute Gasteiger partial charge is 0.493 e. The fourth-order valence-electron chi connectivity index (χ4n) is 3.32.